The van der Waals surface area contributed by atoms with Crippen LogP contribution in [0, 0.1) is 11.8 Å². The van der Waals surface area contributed by atoms with Crippen LogP contribution in [-0.4, -0.2) is 52.5 Å². The van der Waals surface area contributed by atoms with Crippen molar-refractivity contribution in [3.05, 3.63) is 35.4 Å². The molecule has 8 nitrogen and oxygen atoms in total. The predicted molar refractivity (Wildman–Crippen MR) is 93.5 cm³/mol. The molecular weight excluding hydrogens is 352 g/mol. The van der Waals surface area contributed by atoms with Gasteiger partial charge in [0.1, 0.15) is 5.60 Å². The number of carbonyl (C=O) groups is 4. The minimum atomic E-state index is -0.719. The molecule has 0 aliphatic carbocycles. The number of ether oxygens (including phenoxy) is 1. The summed E-state index contributed by atoms with van der Waals surface area (Å²) in [5.74, 6) is -2.90. The van der Waals surface area contributed by atoms with Crippen LogP contribution in [0.15, 0.2) is 24.3 Å². The van der Waals surface area contributed by atoms with E-state index >= 15 is 0 Å². The van der Waals surface area contributed by atoms with Crippen molar-refractivity contribution in [3.8, 4) is 0 Å². The second kappa shape index (κ2) is 6.68. The van der Waals surface area contributed by atoms with E-state index in [2.05, 4.69) is 0 Å². The third kappa shape index (κ3) is 3.65. The molecule has 2 atom stereocenters. The number of carbonyl (C=O) groups excluding carboxylic acids is 4. The number of nitrogens with zero attached hydrogens (tertiary/aromatic N) is 2. The van der Waals surface area contributed by atoms with Gasteiger partial charge in [-0.3, -0.25) is 9.59 Å². The zero-order valence-electron chi connectivity index (χ0n) is 15.7. The first-order chi connectivity index (χ1) is 12.6. The summed E-state index contributed by atoms with van der Waals surface area (Å²) in [6.45, 7) is 7.53. The van der Waals surface area contributed by atoms with E-state index in [1.54, 1.807) is 39.8 Å². The van der Waals surface area contributed by atoms with Gasteiger partial charge in [-0.2, -0.15) is 0 Å². The Balaban J connectivity index is 1.66. The molecule has 0 saturated carbocycles. The molecule has 1 aromatic rings. The number of hydrogen-bond donors (Lipinski definition) is 0. The lowest BCUT2D eigenvalue weighted by atomic mass is 9.99. The van der Waals surface area contributed by atoms with Crippen LogP contribution in [0.4, 0.5) is 4.79 Å². The molecule has 1 aromatic carbocycles. The lowest BCUT2D eigenvalue weighted by molar-refractivity contribution is -0.174. The van der Waals surface area contributed by atoms with Gasteiger partial charge in [0.15, 0.2) is 0 Å². The van der Waals surface area contributed by atoms with Gasteiger partial charge in [0, 0.05) is 13.1 Å². The van der Waals surface area contributed by atoms with Crippen LogP contribution >= 0.6 is 0 Å². The van der Waals surface area contributed by atoms with Gasteiger partial charge in [0.25, 0.3) is 11.8 Å². The highest BCUT2D eigenvalue weighted by Crippen LogP contribution is 2.28. The molecule has 3 amide bonds. The summed E-state index contributed by atoms with van der Waals surface area (Å²) in [6, 6.07) is 6.28. The van der Waals surface area contributed by atoms with Crippen LogP contribution in [0.1, 0.15) is 48.4 Å². The molecule has 2 heterocycles. The molecule has 0 aromatic heterocycles. The van der Waals surface area contributed by atoms with Crippen LogP contribution in [0.25, 0.3) is 0 Å². The first kappa shape index (κ1) is 18.9. The quantitative estimate of drug-likeness (QED) is 0.737. The Morgan fingerprint density at radius 2 is 1.59 bits per heavy atom. The van der Waals surface area contributed by atoms with E-state index < -0.39 is 35.4 Å². The fraction of sp³-hybridized carbons (Fsp3) is 0.474. The molecule has 3 rings (SSSR count). The average molecular weight is 374 g/mol. The van der Waals surface area contributed by atoms with E-state index in [1.165, 1.54) is 17.0 Å². The molecule has 0 radical (unpaired) electrons. The summed E-state index contributed by atoms with van der Waals surface area (Å²) >= 11 is 0. The highest BCUT2D eigenvalue weighted by Gasteiger charge is 2.44. The van der Waals surface area contributed by atoms with Gasteiger partial charge in [-0.1, -0.05) is 24.1 Å². The number of imide groups is 1. The van der Waals surface area contributed by atoms with Gasteiger partial charge in [-0.25, -0.2) is 9.59 Å². The van der Waals surface area contributed by atoms with Crippen molar-refractivity contribution < 1.29 is 28.8 Å². The summed E-state index contributed by atoms with van der Waals surface area (Å²) in [6.07, 6.45) is -0.509. The number of hydroxylamine groups is 2. The van der Waals surface area contributed by atoms with Crippen molar-refractivity contribution in [2.75, 3.05) is 13.1 Å². The first-order valence-electron chi connectivity index (χ1n) is 8.76. The van der Waals surface area contributed by atoms with E-state index in [-0.39, 0.29) is 23.6 Å². The zero-order chi connectivity index (χ0) is 19.9. The van der Waals surface area contributed by atoms with Crippen LogP contribution < -0.4 is 0 Å². The lowest BCUT2D eigenvalue weighted by Gasteiger charge is -2.24. The fourth-order valence-electron chi connectivity index (χ4n) is 3.16. The van der Waals surface area contributed by atoms with Crippen LogP contribution in [0.5, 0.6) is 0 Å². The van der Waals surface area contributed by atoms with Gasteiger partial charge < -0.3 is 14.5 Å². The van der Waals surface area contributed by atoms with Crippen LogP contribution in [-0.2, 0) is 14.4 Å². The third-order valence-corrected chi connectivity index (χ3v) is 4.50. The summed E-state index contributed by atoms with van der Waals surface area (Å²) in [7, 11) is 0. The minimum Gasteiger partial charge on any atom is -0.444 e. The third-order valence-electron chi connectivity index (χ3n) is 4.50. The highest BCUT2D eigenvalue weighted by atomic mass is 16.7. The highest BCUT2D eigenvalue weighted by molar-refractivity contribution is 6.20. The molecule has 0 bridgehead atoms. The van der Waals surface area contributed by atoms with Crippen molar-refractivity contribution in [1.82, 2.24) is 9.96 Å². The zero-order valence-corrected chi connectivity index (χ0v) is 15.7. The molecule has 2 aliphatic rings. The van der Waals surface area contributed by atoms with E-state index in [0.29, 0.717) is 11.6 Å². The Kier molecular flexibility index (Phi) is 4.67. The smallest absolute Gasteiger partial charge is 0.410 e. The molecule has 1 fully saturated rings. The minimum absolute atomic E-state index is 0.109. The number of benzene rings is 1. The maximum Gasteiger partial charge on any atom is 0.410 e. The Labute approximate surface area is 157 Å². The van der Waals surface area contributed by atoms with Gasteiger partial charge in [-0.15, -0.1) is 0 Å². The normalized spacial score (nSPS) is 22.1. The molecule has 0 unspecified atom stereocenters. The number of rotatable bonds is 2. The second-order valence-corrected chi connectivity index (χ2v) is 7.83. The number of amides is 3. The van der Waals surface area contributed by atoms with Crippen molar-refractivity contribution >= 4 is 23.9 Å². The molecule has 2 aliphatic heterocycles. The number of likely N-dealkylation sites (tertiary alicyclic amines) is 1. The predicted octanol–water partition coefficient (Wildman–Crippen LogP) is 2.24. The van der Waals surface area contributed by atoms with E-state index in [0.717, 1.165) is 0 Å². The molecule has 8 heteroatoms. The summed E-state index contributed by atoms with van der Waals surface area (Å²) in [5, 5.41) is 0.496. The Morgan fingerprint density at radius 3 is 2.11 bits per heavy atom. The topological polar surface area (TPSA) is 93.2 Å². The van der Waals surface area contributed by atoms with Gasteiger partial charge in [0.2, 0.25) is 0 Å². The fourth-order valence-corrected chi connectivity index (χ4v) is 3.16. The average Bonchev–Trinajstić information content (AvgIpc) is 3.08. The van der Waals surface area contributed by atoms with E-state index in [9.17, 15) is 19.2 Å². The lowest BCUT2D eigenvalue weighted by Crippen LogP contribution is -2.38. The maximum atomic E-state index is 12.6. The van der Waals surface area contributed by atoms with Crippen molar-refractivity contribution in [2.45, 2.75) is 33.3 Å². The molecular formula is C19H22N2O6. The standard InChI is InChI=1S/C19H22N2O6/c1-11-9-20(18(25)26-19(2,3)4)10-14(11)17(24)27-21-15(22)12-7-5-6-8-13(12)16(21)23/h5-8,11,14H,9-10H2,1-4H3/t11-,14-/m1/s1. The Hall–Kier alpha value is -2.90. The maximum absolute atomic E-state index is 12.6. The largest absolute Gasteiger partial charge is 0.444 e. The monoisotopic (exact) mass is 374 g/mol. The van der Waals surface area contributed by atoms with E-state index in [4.69, 9.17) is 9.57 Å². The number of hydrogen-bond acceptors (Lipinski definition) is 6. The van der Waals surface area contributed by atoms with Gasteiger partial charge in [-0.05, 0) is 38.8 Å². The number of fused-ring (bicyclic) bond motifs is 1. The summed E-state index contributed by atoms with van der Waals surface area (Å²) in [4.78, 5) is 55.9. The molecule has 144 valence electrons. The second-order valence-electron chi connectivity index (χ2n) is 7.83. The van der Waals surface area contributed by atoms with E-state index in [1.807, 2.05) is 0 Å². The van der Waals surface area contributed by atoms with Crippen molar-refractivity contribution in [1.29, 1.82) is 0 Å². The molecule has 27 heavy (non-hydrogen) atoms. The molecule has 0 N–H and O–H groups in total. The van der Waals surface area contributed by atoms with Crippen LogP contribution in [0.2, 0.25) is 0 Å². The summed E-state index contributed by atoms with van der Waals surface area (Å²) < 4.78 is 5.32. The Morgan fingerprint density at radius 1 is 1.04 bits per heavy atom. The molecule has 0 spiro atoms. The Bertz CT molecular complexity index is 778. The first-order valence-corrected chi connectivity index (χ1v) is 8.76. The van der Waals surface area contributed by atoms with Gasteiger partial charge >= 0.3 is 12.1 Å². The van der Waals surface area contributed by atoms with Gasteiger partial charge in [0.05, 0.1) is 17.0 Å². The van der Waals surface area contributed by atoms with Crippen LogP contribution in [0.3, 0.4) is 0 Å². The SMILES string of the molecule is C[C@@H]1CN(C(=O)OC(C)(C)C)C[C@H]1C(=O)ON1C(=O)c2ccccc2C1=O. The van der Waals surface area contributed by atoms with Crippen molar-refractivity contribution in [3.63, 3.8) is 0 Å². The summed E-state index contributed by atoms with van der Waals surface area (Å²) in [5.41, 5.74) is -0.241. The van der Waals surface area contributed by atoms with Crippen molar-refractivity contribution in [2.24, 2.45) is 11.8 Å². The molecule has 1 saturated heterocycles.